The van der Waals surface area contributed by atoms with Crippen molar-refractivity contribution in [2.24, 2.45) is 5.92 Å². The SMILES string of the molecule is CCOCC(=O)NCCC(C)C. The van der Waals surface area contributed by atoms with Crippen molar-refractivity contribution >= 4 is 5.91 Å². The van der Waals surface area contributed by atoms with Crippen LogP contribution in [0.4, 0.5) is 0 Å². The number of ether oxygens (including phenoxy) is 1. The van der Waals surface area contributed by atoms with E-state index >= 15 is 0 Å². The predicted molar refractivity (Wildman–Crippen MR) is 49.0 cm³/mol. The van der Waals surface area contributed by atoms with Crippen LogP contribution < -0.4 is 5.32 Å². The third kappa shape index (κ3) is 7.54. The van der Waals surface area contributed by atoms with Gasteiger partial charge in [0.1, 0.15) is 6.61 Å². The van der Waals surface area contributed by atoms with Crippen molar-refractivity contribution in [1.29, 1.82) is 0 Å². The smallest absolute Gasteiger partial charge is 0.245 e. The first-order valence-corrected chi connectivity index (χ1v) is 4.51. The van der Waals surface area contributed by atoms with Crippen LogP contribution in [0.15, 0.2) is 0 Å². The molecule has 0 aromatic rings. The van der Waals surface area contributed by atoms with Crippen molar-refractivity contribution in [3.8, 4) is 0 Å². The fraction of sp³-hybridized carbons (Fsp3) is 0.889. The summed E-state index contributed by atoms with van der Waals surface area (Å²) in [6.45, 7) is 7.68. The van der Waals surface area contributed by atoms with Gasteiger partial charge in [0.05, 0.1) is 0 Å². The Kier molecular flexibility index (Phi) is 6.76. The molecular weight excluding hydrogens is 154 g/mol. The summed E-state index contributed by atoms with van der Waals surface area (Å²) < 4.78 is 4.94. The quantitative estimate of drug-likeness (QED) is 0.655. The Morgan fingerprint density at radius 1 is 1.50 bits per heavy atom. The van der Waals surface area contributed by atoms with E-state index in [9.17, 15) is 4.79 Å². The highest BCUT2D eigenvalue weighted by molar-refractivity contribution is 5.77. The topological polar surface area (TPSA) is 38.3 Å². The van der Waals surface area contributed by atoms with E-state index in [1.807, 2.05) is 6.92 Å². The van der Waals surface area contributed by atoms with Crippen molar-refractivity contribution < 1.29 is 9.53 Å². The van der Waals surface area contributed by atoms with E-state index in [0.29, 0.717) is 12.5 Å². The molecule has 0 aliphatic carbocycles. The van der Waals surface area contributed by atoms with Gasteiger partial charge in [0.15, 0.2) is 0 Å². The van der Waals surface area contributed by atoms with Gasteiger partial charge in [0.2, 0.25) is 5.91 Å². The summed E-state index contributed by atoms with van der Waals surface area (Å²) in [5.41, 5.74) is 0. The second-order valence-corrected chi connectivity index (χ2v) is 3.17. The summed E-state index contributed by atoms with van der Waals surface area (Å²) in [6.07, 6.45) is 1.03. The molecule has 0 aromatic heterocycles. The number of amides is 1. The monoisotopic (exact) mass is 173 g/mol. The molecule has 0 aliphatic rings. The molecule has 12 heavy (non-hydrogen) atoms. The second-order valence-electron chi connectivity index (χ2n) is 3.17. The van der Waals surface area contributed by atoms with Gasteiger partial charge in [-0.3, -0.25) is 4.79 Å². The van der Waals surface area contributed by atoms with Gasteiger partial charge in [-0.2, -0.15) is 0 Å². The molecule has 3 heteroatoms. The minimum atomic E-state index is -0.0162. The number of nitrogens with one attached hydrogen (secondary N) is 1. The Balaban J connectivity index is 3.20. The zero-order valence-corrected chi connectivity index (χ0v) is 8.22. The number of rotatable bonds is 6. The molecule has 0 spiro atoms. The van der Waals surface area contributed by atoms with Gasteiger partial charge in [-0.1, -0.05) is 13.8 Å². The molecule has 0 atom stereocenters. The van der Waals surface area contributed by atoms with Crippen molar-refractivity contribution in [2.45, 2.75) is 27.2 Å². The zero-order valence-electron chi connectivity index (χ0n) is 8.22. The molecule has 0 aromatic carbocycles. The Hall–Kier alpha value is -0.570. The summed E-state index contributed by atoms with van der Waals surface area (Å²) in [5, 5.41) is 2.78. The highest BCUT2D eigenvalue weighted by Gasteiger charge is 1.99. The minimum Gasteiger partial charge on any atom is -0.372 e. The Morgan fingerprint density at radius 3 is 2.67 bits per heavy atom. The average Bonchev–Trinajstić information content (AvgIpc) is 2.00. The molecule has 0 saturated carbocycles. The van der Waals surface area contributed by atoms with Crippen LogP contribution in [0.25, 0.3) is 0 Å². The summed E-state index contributed by atoms with van der Waals surface area (Å²) in [5.74, 6) is 0.620. The van der Waals surface area contributed by atoms with Crippen LogP contribution in [0.2, 0.25) is 0 Å². The first kappa shape index (κ1) is 11.4. The Morgan fingerprint density at radius 2 is 2.17 bits per heavy atom. The van der Waals surface area contributed by atoms with Crippen LogP contribution in [-0.4, -0.2) is 25.7 Å². The van der Waals surface area contributed by atoms with Crippen LogP contribution in [0.1, 0.15) is 27.2 Å². The third-order valence-corrected chi connectivity index (χ3v) is 1.48. The average molecular weight is 173 g/mol. The van der Waals surface area contributed by atoms with E-state index < -0.39 is 0 Å². The minimum absolute atomic E-state index is 0.0162. The molecule has 0 heterocycles. The molecule has 1 N–H and O–H groups in total. The Labute approximate surface area is 74.5 Å². The van der Waals surface area contributed by atoms with Gasteiger partial charge in [0.25, 0.3) is 0 Å². The molecule has 0 saturated heterocycles. The van der Waals surface area contributed by atoms with E-state index in [2.05, 4.69) is 19.2 Å². The van der Waals surface area contributed by atoms with Gasteiger partial charge < -0.3 is 10.1 Å². The van der Waals surface area contributed by atoms with E-state index in [0.717, 1.165) is 13.0 Å². The van der Waals surface area contributed by atoms with Crippen molar-refractivity contribution in [2.75, 3.05) is 19.8 Å². The van der Waals surface area contributed by atoms with Gasteiger partial charge in [0, 0.05) is 13.2 Å². The molecule has 0 fully saturated rings. The van der Waals surface area contributed by atoms with E-state index in [1.54, 1.807) is 0 Å². The first-order chi connectivity index (χ1) is 5.66. The third-order valence-electron chi connectivity index (χ3n) is 1.48. The number of carbonyl (C=O) groups is 1. The van der Waals surface area contributed by atoms with Crippen LogP contribution in [0, 0.1) is 5.92 Å². The van der Waals surface area contributed by atoms with Crippen LogP contribution in [-0.2, 0) is 9.53 Å². The van der Waals surface area contributed by atoms with Gasteiger partial charge in [-0.05, 0) is 19.3 Å². The Bertz CT molecular complexity index is 124. The normalized spacial score (nSPS) is 10.3. The summed E-state index contributed by atoms with van der Waals surface area (Å²) in [4.78, 5) is 10.9. The maximum Gasteiger partial charge on any atom is 0.245 e. The lowest BCUT2D eigenvalue weighted by Crippen LogP contribution is -2.29. The highest BCUT2D eigenvalue weighted by atomic mass is 16.5. The van der Waals surface area contributed by atoms with Crippen LogP contribution >= 0.6 is 0 Å². The van der Waals surface area contributed by atoms with E-state index in [4.69, 9.17) is 4.74 Å². The second kappa shape index (κ2) is 7.10. The van der Waals surface area contributed by atoms with Gasteiger partial charge in [-0.25, -0.2) is 0 Å². The lowest BCUT2D eigenvalue weighted by atomic mass is 10.1. The molecule has 3 nitrogen and oxygen atoms in total. The molecule has 72 valence electrons. The molecule has 0 aliphatic heterocycles. The van der Waals surface area contributed by atoms with E-state index in [-0.39, 0.29) is 12.5 Å². The molecule has 0 unspecified atom stereocenters. The zero-order chi connectivity index (χ0) is 9.40. The van der Waals surface area contributed by atoms with Crippen molar-refractivity contribution in [1.82, 2.24) is 5.32 Å². The largest absolute Gasteiger partial charge is 0.372 e. The maximum atomic E-state index is 10.9. The molecular formula is C9H19NO2. The standard InChI is InChI=1S/C9H19NO2/c1-4-12-7-9(11)10-6-5-8(2)3/h8H,4-7H2,1-3H3,(H,10,11). The van der Waals surface area contributed by atoms with Crippen molar-refractivity contribution in [3.05, 3.63) is 0 Å². The molecule has 1 amide bonds. The lowest BCUT2D eigenvalue weighted by Gasteiger charge is -2.06. The summed E-state index contributed by atoms with van der Waals surface area (Å²) in [6, 6.07) is 0. The number of hydrogen-bond acceptors (Lipinski definition) is 2. The predicted octanol–water partition coefficient (Wildman–Crippen LogP) is 1.19. The van der Waals surface area contributed by atoms with Crippen LogP contribution in [0.3, 0.4) is 0 Å². The highest BCUT2D eigenvalue weighted by Crippen LogP contribution is 1.95. The molecule has 0 bridgehead atoms. The maximum absolute atomic E-state index is 10.9. The molecule has 0 rings (SSSR count). The van der Waals surface area contributed by atoms with E-state index in [1.165, 1.54) is 0 Å². The molecule has 0 radical (unpaired) electrons. The van der Waals surface area contributed by atoms with Gasteiger partial charge in [-0.15, -0.1) is 0 Å². The summed E-state index contributed by atoms with van der Waals surface area (Å²) >= 11 is 0. The lowest BCUT2D eigenvalue weighted by molar-refractivity contribution is -0.125. The van der Waals surface area contributed by atoms with Gasteiger partial charge >= 0.3 is 0 Å². The number of hydrogen-bond donors (Lipinski definition) is 1. The van der Waals surface area contributed by atoms with Crippen molar-refractivity contribution in [3.63, 3.8) is 0 Å². The van der Waals surface area contributed by atoms with Crippen LogP contribution in [0.5, 0.6) is 0 Å². The number of carbonyl (C=O) groups excluding carboxylic acids is 1. The summed E-state index contributed by atoms with van der Waals surface area (Å²) in [7, 11) is 0. The fourth-order valence-electron chi connectivity index (χ4n) is 0.746. The first-order valence-electron chi connectivity index (χ1n) is 4.51. The fourth-order valence-corrected chi connectivity index (χ4v) is 0.746.